The second-order valence-corrected chi connectivity index (χ2v) is 6.59. The zero-order valence-corrected chi connectivity index (χ0v) is 14.2. The summed E-state index contributed by atoms with van der Waals surface area (Å²) >= 11 is 3.06. The van der Waals surface area contributed by atoms with Crippen molar-refractivity contribution in [3.05, 3.63) is 18.0 Å². The number of carbonyl (C=O) groups excluding carboxylic acids is 1. The lowest BCUT2D eigenvalue weighted by Crippen LogP contribution is -2.09. The monoisotopic (exact) mass is 335 g/mol. The van der Waals surface area contributed by atoms with Gasteiger partial charge in [-0.1, -0.05) is 6.92 Å². The van der Waals surface area contributed by atoms with Gasteiger partial charge in [0.2, 0.25) is 0 Å². The van der Waals surface area contributed by atoms with Gasteiger partial charge in [-0.2, -0.15) is 10.5 Å². The van der Waals surface area contributed by atoms with Gasteiger partial charge in [0.1, 0.15) is 5.92 Å². The molecule has 0 aliphatic heterocycles. The number of esters is 1. The van der Waals surface area contributed by atoms with Crippen LogP contribution in [0, 0.1) is 28.6 Å². The molecule has 0 spiro atoms. The summed E-state index contributed by atoms with van der Waals surface area (Å²) in [6.45, 7) is 4.08. The molecule has 0 unspecified atom stereocenters. The van der Waals surface area contributed by atoms with Crippen molar-refractivity contribution in [1.29, 1.82) is 10.5 Å². The number of thioether (sulfide) groups is 2. The highest BCUT2D eigenvalue weighted by molar-refractivity contribution is 8.00. The Balaban J connectivity index is 2.78. The van der Waals surface area contributed by atoms with Gasteiger partial charge in [0, 0.05) is 21.7 Å². The van der Waals surface area contributed by atoms with E-state index in [1.807, 2.05) is 25.1 Å². The molecule has 0 aliphatic rings. The Morgan fingerprint density at radius 2 is 2.09 bits per heavy atom. The lowest BCUT2D eigenvalue weighted by atomic mass is 10.1. The number of hydrogen-bond acceptors (Lipinski definition) is 7. The first-order valence-corrected chi connectivity index (χ1v) is 8.85. The molecule has 1 aromatic heterocycles. The summed E-state index contributed by atoms with van der Waals surface area (Å²) in [5, 5.41) is 17.5. The third kappa shape index (κ3) is 5.59. The lowest BCUT2D eigenvalue weighted by molar-refractivity contribution is 0.0515. The van der Waals surface area contributed by atoms with Gasteiger partial charge in [0.05, 0.1) is 18.7 Å². The maximum atomic E-state index is 11.9. The van der Waals surface area contributed by atoms with E-state index in [1.54, 1.807) is 13.1 Å². The fourth-order valence-electron chi connectivity index (χ4n) is 1.58. The summed E-state index contributed by atoms with van der Waals surface area (Å²) in [4.78, 5) is 17.8. The summed E-state index contributed by atoms with van der Waals surface area (Å²) < 4.78 is 5.00. The fourth-order valence-corrected chi connectivity index (χ4v) is 3.36. The van der Waals surface area contributed by atoms with Crippen LogP contribution >= 0.6 is 23.5 Å². The van der Waals surface area contributed by atoms with Crippen molar-refractivity contribution in [3.8, 4) is 12.1 Å². The zero-order chi connectivity index (χ0) is 16.4. The lowest BCUT2D eigenvalue weighted by Gasteiger charge is -2.09. The van der Waals surface area contributed by atoms with Gasteiger partial charge in [0.15, 0.2) is 5.69 Å². The summed E-state index contributed by atoms with van der Waals surface area (Å²) in [5.74, 6) is 0.489. The van der Waals surface area contributed by atoms with Crippen LogP contribution in [0.15, 0.2) is 22.1 Å². The molecule has 0 saturated carbocycles. The van der Waals surface area contributed by atoms with Gasteiger partial charge in [-0.25, -0.2) is 9.78 Å². The van der Waals surface area contributed by atoms with Gasteiger partial charge < -0.3 is 4.74 Å². The molecule has 0 aliphatic carbocycles. The molecule has 22 heavy (non-hydrogen) atoms. The summed E-state index contributed by atoms with van der Waals surface area (Å²) in [5.41, 5.74) is 0.338. The van der Waals surface area contributed by atoms with Crippen molar-refractivity contribution >= 4 is 29.5 Å². The highest BCUT2D eigenvalue weighted by Crippen LogP contribution is 2.28. The molecule has 0 N–H and O–H groups in total. The second-order valence-electron chi connectivity index (χ2n) is 4.12. The van der Waals surface area contributed by atoms with Crippen molar-refractivity contribution in [2.75, 3.05) is 18.1 Å². The summed E-state index contributed by atoms with van der Waals surface area (Å²) in [6.07, 6.45) is 2.14. The molecule has 0 amide bonds. The fraction of sp³-hybridized carbons (Fsp3) is 0.467. The Hall–Kier alpha value is -1.70. The molecular weight excluding hydrogens is 318 g/mol. The van der Waals surface area contributed by atoms with Crippen LogP contribution in [0.1, 0.15) is 30.8 Å². The van der Waals surface area contributed by atoms with Crippen LogP contribution in [0.4, 0.5) is 0 Å². The smallest absolute Gasteiger partial charge is 0.358 e. The van der Waals surface area contributed by atoms with E-state index in [4.69, 9.17) is 15.3 Å². The minimum Gasteiger partial charge on any atom is -0.461 e. The van der Waals surface area contributed by atoms with Crippen LogP contribution in [0.25, 0.3) is 0 Å². The Kier molecular flexibility index (Phi) is 8.42. The first kappa shape index (κ1) is 18.3. The molecule has 0 radical (unpaired) electrons. The van der Waals surface area contributed by atoms with Gasteiger partial charge in [-0.3, -0.25) is 0 Å². The van der Waals surface area contributed by atoms with Gasteiger partial charge in [0.25, 0.3) is 0 Å². The van der Waals surface area contributed by atoms with Crippen LogP contribution in [-0.4, -0.2) is 29.1 Å². The summed E-state index contributed by atoms with van der Waals surface area (Å²) in [6, 6.07) is 5.81. The Morgan fingerprint density at radius 3 is 2.68 bits per heavy atom. The number of hydrogen-bond donors (Lipinski definition) is 0. The number of ether oxygens (including phenoxy) is 1. The van der Waals surface area contributed by atoms with E-state index in [9.17, 15) is 4.79 Å². The number of aromatic nitrogens is 1. The van der Waals surface area contributed by atoms with Gasteiger partial charge in [-0.15, -0.1) is 23.5 Å². The van der Waals surface area contributed by atoms with Crippen LogP contribution in [0.2, 0.25) is 0 Å². The molecular formula is C15H17N3O2S2. The predicted octanol–water partition coefficient (Wildman–Crippen LogP) is 3.52. The van der Waals surface area contributed by atoms with Gasteiger partial charge >= 0.3 is 5.97 Å². The van der Waals surface area contributed by atoms with Gasteiger partial charge in [-0.05, 0) is 25.2 Å². The molecule has 0 atom stereocenters. The number of pyridine rings is 1. The number of carbonyl (C=O) groups is 1. The minimum absolute atomic E-state index is 0.316. The number of nitriles is 2. The quantitative estimate of drug-likeness (QED) is 0.530. The molecule has 1 rings (SSSR count). The normalized spacial score (nSPS) is 10.0. The standard InChI is InChI=1S/C15H17N3O2S2/c1-3-20-15(19)14-13(21-4-2)7-12(10-18-14)22-6-5-11(8-16)9-17/h7,10-11H,3-6H2,1-2H3. The molecule has 0 aromatic carbocycles. The maximum absolute atomic E-state index is 11.9. The van der Waals surface area contributed by atoms with E-state index in [2.05, 4.69) is 4.98 Å². The van der Waals surface area contributed by atoms with Crippen molar-refractivity contribution in [1.82, 2.24) is 4.98 Å². The third-order valence-electron chi connectivity index (χ3n) is 2.58. The highest BCUT2D eigenvalue weighted by atomic mass is 32.2. The molecule has 1 aromatic rings. The van der Waals surface area contributed by atoms with E-state index in [-0.39, 0.29) is 0 Å². The maximum Gasteiger partial charge on any atom is 0.358 e. The average Bonchev–Trinajstić information content (AvgIpc) is 2.52. The highest BCUT2D eigenvalue weighted by Gasteiger charge is 2.15. The topological polar surface area (TPSA) is 86.8 Å². The van der Waals surface area contributed by atoms with E-state index >= 15 is 0 Å². The Morgan fingerprint density at radius 1 is 1.36 bits per heavy atom. The molecule has 0 fully saturated rings. The van der Waals surface area contributed by atoms with Crippen molar-refractivity contribution < 1.29 is 9.53 Å². The molecule has 7 heteroatoms. The minimum atomic E-state index is -0.580. The second kappa shape index (κ2) is 10.1. The van der Waals surface area contributed by atoms with Crippen LogP contribution in [-0.2, 0) is 4.74 Å². The predicted molar refractivity (Wildman–Crippen MR) is 86.6 cm³/mol. The van der Waals surface area contributed by atoms with Crippen molar-refractivity contribution in [3.63, 3.8) is 0 Å². The van der Waals surface area contributed by atoms with E-state index in [0.29, 0.717) is 24.5 Å². The SMILES string of the molecule is CCOC(=O)c1ncc(SCCC(C#N)C#N)cc1SCC. The molecule has 1 heterocycles. The van der Waals surface area contributed by atoms with Crippen molar-refractivity contribution in [2.45, 2.75) is 30.1 Å². The van der Waals surface area contributed by atoms with Crippen LogP contribution in [0.3, 0.4) is 0 Å². The van der Waals surface area contributed by atoms with Crippen LogP contribution in [0.5, 0.6) is 0 Å². The van der Waals surface area contributed by atoms with Crippen LogP contribution < -0.4 is 0 Å². The Bertz CT molecular complexity index is 579. The first-order chi connectivity index (χ1) is 10.7. The van der Waals surface area contributed by atoms with E-state index in [0.717, 1.165) is 15.5 Å². The molecule has 5 nitrogen and oxygen atoms in total. The molecule has 116 valence electrons. The third-order valence-corrected chi connectivity index (χ3v) is 4.49. The number of rotatable bonds is 8. The zero-order valence-electron chi connectivity index (χ0n) is 12.5. The van der Waals surface area contributed by atoms with E-state index < -0.39 is 11.9 Å². The molecule has 0 bridgehead atoms. The van der Waals surface area contributed by atoms with E-state index in [1.165, 1.54) is 23.5 Å². The molecule has 0 saturated heterocycles. The summed E-state index contributed by atoms with van der Waals surface area (Å²) in [7, 11) is 0. The van der Waals surface area contributed by atoms with Crippen molar-refractivity contribution in [2.24, 2.45) is 5.92 Å². The first-order valence-electron chi connectivity index (χ1n) is 6.88. The Labute approximate surface area is 139 Å². The largest absolute Gasteiger partial charge is 0.461 e. The average molecular weight is 335 g/mol. The number of nitrogens with zero attached hydrogens (tertiary/aromatic N) is 3.